The highest BCUT2D eigenvalue weighted by atomic mass is 79.9. The number of aryl methyl sites for hydroxylation is 1. The lowest BCUT2D eigenvalue weighted by molar-refractivity contribution is 0.649. The molecule has 1 heterocycles. The fraction of sp³-hybridized carbons (Fsp3) is 0.571. The molecule has 1 aromatic rings. The summed E-state index contributed by atoms with van der Waals surface area (Å²) < 4.78 is 2.71. The van der Waals surface area contributed by atoms with Crippen molar-refractivity contribution >= 4 is 15.9 Å². The Balaban J connectivity index is 2.77. The number of aromatic nitrogens is 2. The summed E-state index contributed by atoms with van der Waals surface area (Å²) in [4.78, 5) is 0. The quantitative estimate of drug-likeness (QED) is 0.806. The third-order valence-electron chi connectivity index (χ3n) is 1.48. The van der Waals surface area contributed by atoms with Crippen molar-refractivity contribution in [3.8, 4) is 0 Å². The van der Waals surface area contributed by atoms with Gasteiger partial charge < -0.3 is 5.73 Å². The molecule has 1 rings (SSSR count). The molecule has 0 aliphatic heterocycles. The van der Waals surface area contributed by atoms with Gasteiger partial charge in [0.15, 0.2) is 0 Å². The van der Waals surface area contributed by atoms with Crippen molar-refractivity contribution in [2.75, 3.05) is 0 Å². The van der Waals surface area contributed by atoms with Gasteiger partial charge in [-0.3, -0.25) is 4.68 Å². The van der Waals surface area contributed by atoms with Crippen molar-refractivity contribution in [3.05, 3.63) is 16.4 Å². The Bertz CT molecular complexity index is 242. The highest BCUT2D eigenvalue weighted by molar-refractivity contribution is 9.10. The van der Waals surface area contributed by atoms with Crippen LogP contribution in [-0.4, -0.2) is 15.8 Å². The molecule has 0 aromatic carbocycles. The zero-order chi connectivity index (χ0) is 8.43. The average Bonchev–Trinajstić information content (AvgIpc) is 2.09. The molecule has 0 spiro atoms. The molecule has 62 valence electrons. The minimum absolute atomic E-state index is 0.192. The summed E-state index contributed by atoms with van der Waals surface area (Å²) in [6.07, 6.45) is 0.870. The van der Waals surface area contributed by atoms with Crippen LogP contribution in [0.2, 0.25) is 0 Å². The number of nitrogens with two attached hydrogens (primary N) is 1. The topological polar surface area (TPSA) is 43.8 Å². The lowest BCUT2D eigenvalue weighted by Gasteiger charge is -2.03. The van der Waals surface area contributed by atoms with Gasteiger partial charge in [0.05, 0.1) is 0 Å². The van der Waals surface area contributed by atoms with Crippen LogP contribution >= 0.6 is 15.9 Å². The van der Waals surface area contributed by atoms with Crippen molar-refractivity contribution < 1.29 is 0 Å². The van der Waals surface area contributed by atoms with Gasteiger partial charge in [0.2, 0.25) is 0 Å². The predicted molar refractivity (Wildman–Crippen MR) is 48.3 cm³/mol. The molecular weight excluding hydrogens is 206 g/mol. The van der Waals surface area contributed by atoms with Crippen molar-refractivity contribution in [3.63, 3.8) is 0 Å². The van der Waals surface area contributed by atoms with E-state index in [1.807, 2.05) is 24.7 Å². The van der Waals surface area contributed by atoms with Crippen molar-refractivity contribution in [1.29, 1.82) is 0 Å². The van der Waals surface area contributed by atoms with E-state index in [2.05, 4.69) is 21.0 Å². The molecule has 0 radical (unpaired) electrons. The summed E-state index contributed by atoms with van der Waals surface area (Å²) in [5.41, 5.74) is 6.81. The Kier molecular flexibility index (Phi) is 2.67. The fourth-order valence-corrected chi connectivity index (χ4v) is 1.49. The summed E-state index contributed by atoms with van der Waals surface area (Å²) in [7, 11) is 1.92. The Morgan fingerprint density at radius 3 is 2.82 bits per heavy atom. The molecule has 0 aliphatic carbocycles. The molecule has 0 bridgehead atoms. The monoisotopic (exact) mass is 217 g/mol. The maximum Gasteiger partial charge on any atom is 0.128 e. The Morgan fingerprint density at radius 1 is 1.82 bits per heavy atom. The molecule has 11 heavy (non-hydrogen) atoms. The van der Waals surface area contributed by atoms with Gasteiger partial charge in [-0.2, -0.15) is 5.10 Å². The van der Waals surface area contributed by atoms with Gasteiger partial charge in [-0.05, 0) is 28.9 Å². The standard InChI is InChI=1S/C7H12BrN3/c1-5(9)3-6-4-7(8)10-11(6)2/h4-5H,3,9H2,1-2H3/t5-/m0/s1. The minimum Gasteiger partial charge on any atom is -0.328 e. The van der Waals surface area contributed by atoms with Crippen LogP contribution < -0.4 is 5.73 Å². The first-order valence-corrected chi connectivity index (χ1v) is 4.33. The van der Waals surface area contributed by atoms with Crippen LogP contribution in [-0.2, 0) is 13.5 Å². The first kappa shape index (κ1) is 8.74. The SMILES string of the molecule is C[C@H](N)Cc1cc(Br)nn1C. The molecule has 2 N–H and O–H groups in total. The molecule has 3 nitrogen and oxygen atoms in total. The first-order valence-electron chi connectivity index (χ1n) is 3.53. The van der Waals surface area contributed by atoms with Gasteiger partial charge in [0, 0.05) is 25.2 Å². The third-order valence-corrected chi connectivity index (χ3v) is 1.87. The van der Waals surface area contributed by atoms with Crippen molar-refractivity contribution in [2.24, 2.45) is 12.8 Å². The smallest absolute Gasteiger partial charge is 0.128 e. The summed E-state index contributed by atoms with van der Waals surface area (Å²) >= 11 is 3.30. The van der Waals surface area contributed by atoms with Crippen LogP contribution in [0.3, 0.4) is 0 Å². The first-order chi connectivity index (χ1) is 5.09. The Morgan fingerprint density at radius 2 is 2.45 bits per heavy atom. The Labute approximate surface area is 74.7 Å². The molecule has 0 saturated heterocycles. The zero-order valence-electron chi connectivity index (χ0n) is 6.71. The van der Waals surface area contributed by atoms with Gasteiger partial charge in [-0.1, -0.05) is 0 Å². The van der Waals surface area contributed by atoms with E-state index in [4.69, 9.17) is 5.73 Å². The van der Waals surface area contributed by atoms with Crippen molar-refractivity contribution in [2.45, 2.75) is 19.4 Å². The summed E-state index contributed by atoms with van der Waals surface area (Å²) in [6.45, 7) is 1.99. The minimum atomic E-state index is 0.192. The maximum absolute atomic E-state index is 5.65. The van der Waals surface area contributed by atoms with Crippen LogP contribution in [0.25, 0.3) is 0 Å². The van der Waals surface area contributed by atoms with Gasteiger partial charge in [0.25, 0.3) is 0 Å². The summed E-state index contributed by atoms with van der Waals surface area (Å²) in [6, 6.07) is 2.18. The normalized spacial score (nSPS) is 13.5. The second-order valence-corrected chi connectivity index (χ2v) is 3.58. The fourth-order valence-electron chi connectivity index (χ4n) is 0.988. The van der Waals surface area contributed by atoms with Crippen LogP contribution in [0, 0.1) is 0 Å². The summed E-state index contributed by atoms with van der Waals surface area (Å²) in [5.74, 6) is 0. The van der Waals surface area contributed by atoms with Crippen LogP contribution in [0.1, 0.15) is 12.6 Å². The molecule has 1 atom stereocenters. The molecule has 1 aromatic heterocycles. The van der Waals surface area contributed by atoms with Gasteiger partial charge in [-0.15, -0.1) is 0 Å². The van der Waals surface area contributed by atoms with Crippen LogP contribution in [0.5, 0.6) is 0 Å². The van der Waals surface area contributed by atoms with E-state index in [9.17, 15) is 0 Å². The number of hydrogen-bond acceptors (Lipinski definition) is 2. The molecule has 0 saturated carbocycles. The molecule has 0 amide bonds. The number of rotatable bonds is 2. The van der Waals surface area contributed by atoms with Gasteiger partial charge >= 0.3 is 0 Å². The van der Waals surface area contributed by atoms with E-state index in [1.165, 1.54) is 0 Å². The molecular formula is C7H12BrN3. The van der Waals surface area contributed by atoms with E-state index in [0.717, 1.165) is 16.7 Å². The van der Waals surface area contributed by atoms with Crippen LogP contribution in [0.4, 0.5) is 0 Å². The van der Waals surface area contributed by atoms with E-state index in [1.54, 1.807) is 0 Å². The van der Waals surface area contributed by atoms with Gasteiger partial charge in [-0.25, -0.2) is 0 Å². The lowest BCUT2D eigenvalue weighted by Crippen LogP contribution is -2.19. The van der Waals surface area contributed by atoms with Crippen molar-refractivity contribution in [1.82, 2.24) is 9.78 Å². The highest BCUT2D eigenvalue weighted by Crippen LogP contribution is 2.10. The molecule has 4 heteroatoms. The van der Waals surface area contributed by atoms with Gasteiger partial charge in [0.1, 0.15) is 4.60 Å². The summed E-state index contributed by atoms with van der Waals surface area (Å²) in [5, 5.41) is 4.14. The second-order valence-electron chi connectivity index (χ2n) is 2.76. The number of halogens is 1. The highest BCUT2D eigenvalue weighted by Gasteiger charge is 2.04. The average molecular weight is 218 g/mol. The third kappa shape index (κ3) is 2.31. The zero-order valence-corrected chi connectivity index (χ0v) is 8.30. The molecule has 0 fully saturated rings. The number of nitrogens with zero attached hydrogens (tertiary/aromatic N) is 2. The van der Waals surface area contributed by atoms with E-state index in [-0.39, 0.29) is 6.04 Å². The predicted octanol–water partition coefficient (Wildman–Crippen LogP) is 1.07. The van der Waals surface area contributed by atoms with E-state index >= 15 is 0 Å². The largest absolute Gasteiger partial charge is 0.328 e. The van der Waals surface area contributed by atoms with Crippen LogP contribution in [0.15, 0.2) is 10.7 Å². The molecule has 0 unspecified atom stereocenters. The Hall–Kier alpha value is -0.350. The number of hydrogen-bond donors (Lipinski definition) is 1. The molecule has 0 aliphatic rings. The maximum atomic E-state index is 5.65. The van der Waals surface area contributed by atoms with E-state index in [0.29, 0.717) is 0 Å². The van der Waals surface area contributed by atoms with E-state index < -0.39 is 0 Å². The second kappa shape index (κ2) is 3.36. The lowest BCUT2D eigenvalue weighted by atomic mass is 10.2.